The third kappa shape index (κ3) is 3.89. The Morgan fingerprint density at radius 1 is 1.21 bits per heavy atom. The van der Waals surface area contributed by atoms with Crippen LogP contribution in [-0.4, -0.2) is 32.5 Å². The zero-order valence-corrected chi connectivity index (χ0v) is 11.8. The minimum atomic E-state index is -3.66. The number of nitrogens with zero attached hydrogens (tertiary/aromatic N) is 1. The normalized spacial score (nSPS) is 24.1. The van der Waals surface area contributed by atoms with Crippen molar-refractivity contribution < 1.29 is 8.42 Å². The Morgan fingerprint density at radius 3 is 2.32 bits per heavy atom. The van der Waals surface area contributed by atoms with Gasteiger partial charge in [-0.15, -0.1) is 0 Å². The molecule has 4 N–H and O–H groups in total. The van der Waals surface area contributed by atoms with Gasteiger partial charge in [-0.05, 0) is 44.9 Å². The molecular formula is C12H20N4O2S. The molecule has 0 aromatic carbocycles. The molecule has 0 amide bonds. The van der Waals surface area contributed by atoms with Gasteiger partial charge in [0, 0.05) is 18.3 Å². The van der Waals surface area contributed by atoms with Crippen LogP contribution < -0.4 is 15.8 Å². The summed E-state index contributed by atoms with van der Waals surface area (Å²) in [5.74, 6) is 0.695. The van der Waals surface area contributed by atoms with E-state index in [1.165, 1.54) is 12.3 Å². The van der Waals surface area contributed by atoms with Crippen LogP contribution in [-0.2, 0) is 10.0 Å². The second kappa shape index (κ2) is 5.85. The molecule has 1 heterocycles. The molecule has 0 radical (unpaired) electrons. The van der Waals surface area contributed by atoms with E-state index >= 15 is 0 Å². The molecule has 0 saturated heterocycles. The molecule has 0 unspecified atom stereocenters. The highest BCUT2D eigenvalue weighted by atomic mass is 32.2. The minimum Gasteiger partial charge on any atom is -0.367 e. The third-order valence-corrected chi connectivity index (χ3v) is 4.45. The quantitative estimate of drug-likeness (QED) is 0.755. The molecule has 0 aliphatic heterocycles. The molecular weight excluding hydrogens is 264 g/mol. The molecule has 19 heavy (non-hydrogen) atoms. The zero-order chi connectivity index (χ0) is 13.9. The lowest BCUT2D eigenvalue weighted by atomic mass is 9.91. The SMILES string of the molecule is CNC1CCC(Nc2ccc(S(N)(=O)=O)cn2)CC1. The monoisotopic (exact) mass is 284 g/mol. The van der Waals surface area contributed by atoms with Gasteiger partial charge in [0.25, 0.3) is 0 Å². The van der Waals surface area contributed by atoms with Crippen molar-refractivity contribution in [3.05, 3.63) is 18.3 Å². The Bertz CT molecular complexity index is 507. The molecule has 1 aromatic heterocycles. The zero-order valence-electron chi connectivity index (χ0n) is 11.0. The van der Waals surface area contributed by atoms with Gasteiger partial charge in [-0.1, -0.05) is 0 Å². The maximum atomic E-state index is 11.1. The molecule has 0 atom stereocenters. The van der Waals surface area contributed by atoms with Crippen molar-refractivity contribution in [1.29, 1.82) is 0 Å². The first-order chi connectivity index (χ1) is 8.99. The first-order valence-corrected chi connectivity index (χ1v) is 7.96. The average Bonchev–Trinajstić information content (AvgIpc) is 2.39. The van der Waals surface area contributed by atoms with Gasteiger partial charge in [0.05, 0.1) is 0 Å². The molecule has 1 aliphatic carbocycles. The van der Waals surface area contributed by atoms with E-state index in [9.17, 15) is 8.42 Å². The fourth-order valence-corrected chi connectivity index (χ4v) is 2.83. The first-order valence-electron chi connectivity index (χ1n) is 6.41. The summed E-state index contributed by atoms with van der Waals surface area (Å²) in [7, 11) is -1.67. The fraction of sp³-hybridized carbons (Fsp3) is 0.583. The number of rotatable bonds is 4. The van der Waals surface area contributed by atoms with Crippen molar-refractivity contribution in [2.75, 3.05) is 12.4 Å². The number of hydrogen-bond acceptors (Lipinski definition) is 5. The van der Waals surface area contributed by atoms with Gasteiger partial charge < -0.3 is 10.6 Å². The molecule has 0 spiro atoms. The molecule has 1 fully saturated rings. The Kier molecular flexibility index (Phi) is 4.38. The summed E-state index contributed by atoms with van der Waals surface area (Å²) in [6.45, 7) is 0. The van der Waals surface area contributed by atoms with E-state index < -0.39 is 10.0 Å². The Balaban J connectivity index is 1.94. The van der Waals surface area contributed by atoms with Crippen LogP contribution in [0.15, 0.2) is 23.2 Å². The third-order valence-electron chi connectivity index (χ3n) is 3.55. The summed E-state index contributed by atoms with van der Waals surface area (Å²) in [4.78, 5) is 4.13. The molecule has 106 valence electrons. The highest BCUT2D eigenvalue weighted by Gasteiger charge is 2.20. The van der Waals surface area contributed by atoms with Crippen LogP contribution in [0.3, 0.4) is 0 Å². The van der Waals surface area contributed by atoms with Crippen LogP contribution >= 0.6 is 0 Å². The van der Waals surface area contributed by atoms with Crippen molar-refractivity contribution in [3.8, 4) is 0 Å². The van der Waals surface area contributed by atoms with E-state index in [1.54, 1.807) is 6.07 Å². The summed E-state index contributed by atoms with van der Waals surface area (Å²) in [6.07, 6.45) is 5.75. The number of nitrogens with two attached hydrogens (primary N) is 1. The van der Waals surface area contributed by atoms with Crippen molar-refractivity contribution in [2.24, 2.45) is 5.14 Å². The number of pyridine rings is 1. The first kappa shape index (κ1) is 14.2. The largest absolute Gasteiger partial charge is 0.367 e. The number of primary sulfonamides is 1. The second-order valence-corrected chi connectivity index (χ2v) is 6.47. The van der Waals surface area contributed by atoms with Crippen LogP contribution in [0.5, 0.6) is 0 Å². The Morgan fingerprint density at radius 2 is 1.84 bits per heavy atom. The Labute approximate surface area is 113 Å². The fourth-order valence-electron chi connectivity index (χ4n) is 2.37. The molecule has 0 bridgehead atoms. The van der Waals surface area contributed by atoms with E-state index in [0.29, 0.717) is 17.9 Å². The minimum absolute atomic E-state index is 0.0388. The summed E-state index contributed by atoms with van der Waals surface area (Å²) >= 11 is 0. The van der Waals surface area contributed by atoms with E-state index in [-0.39, 0.29) is 4.90 Å². The number of hydrogen-bond donors (Lipinski definition) is 3. The van der Waals surface area contributed by atoms with Crippen molar-refractivity contribution >= 4 is 15.8 Å². The maximum Gasteiger partial charge on any atom is 0.239 e. The number of nitrogens with one attached hydrogen (secondary N) is 2. The van der Waals surface area contributed by atoms with E-state index in [2.05, 4.69) is 15.6 Å². The van der Waals surface area contributed by atoms with Gasteiger partial charge in [-0.25, -0.2) is 18.5 Å². The molecule has 2 rings (SSSR count). The molecule has 6 nitrogen and oxygen atoms in total. The van der Waals surface area contributed by atoms with E-state index in [1.807, 2.05) is 7.05 Å². The lowest BCUT2D eigenvalue weighted by Gasteiger charge is -2.29. The van der Waals surface area contributed by atoms with Crippen molar-refractivity contribution in [1.82, 2.24) is 10.3 Å². The van der Waals surface area contributed by atoms with Crippen molar-refractivity contribution in [2.45, 2.75) is 42.7 Å². The number of aromatic nitrogens is 1. The highest BCUT2D eigenvalue weighted by Crippen LogP contribution is 2.21. The van der Waals surface area contributed by atoms with Crippen LogP contribution in [0.1, 0.15) is 25.7 Å². The molecule has 1 aromatic rings. The summed E-state index contributed by atoms with van der Waals surface area (Å²) in [5, 5.41) is 11.6. The highest BCUT2D eigenvalue weighted by molar-refractivity contribution is 7.89. The Hall–Kier alpha value is -1.18. The molecule has 7 heteroatoms. The average molecular weight is 284 g/mol. The smallest absolute Gasteiger partial charge is 0.239 e. The predicted octanol–water partition coefficient (Wildman–Crippen LogP) is 0.672. The van der Waals surface area contributed by atoms with E-state index in [0.717, 1.165) is 25.7 Å². The van der Waals surface area contributed by atoms with E-state index in [4.69, 9.17) is 5.14 Å². The van der Waals surface area contributed by atoms with Gasteiger partial charge in [0.2, 0.25) is 10.0 Å². The van der Waals surface area contributed by atoms with Crippen LogP contribution in [0.25, 0.3) is 0 Å². The van der Waals surface area contributed by atoms with Crippen LogP contribution in [0.4, 0.5) is 5.82 Å². The molecule has 1 aliphatic rings. The van der Waals surface area contributed by atoms with Gasteiger partial charge in [-0.2, -0.15) is 0 Å². The molecule has 1 saturated carbocycles. The van der Waals surface area contributed by atoms with Gasteiger partial charge in [-0.3, -0.25) is 0 Å². The van der Waals surface area contributed by atoms with Crippen molar-refractivity contribution in [3.63, 3.8) is 0 Å². The second-order valence-electron chi connectivity index (χ2n) is 4.91. The van der Waals surface area contributed by atoms with Gasteiger partial charge >= 0.3 is 0 Å². The number of anilines is 1. The lowest BCUT2D eigenvalue weighted by molar-refractivity contribution is 0.371. The predicted molar refractivity (Wildman–Crippen MR) is 74.3 cm³/mol. The topological polar surface area (TPSA) is 97.1 Å². The van der Waals surface area contributed by atoms with Gasteiger partial charge in [0.15, 0.2) is 0 Å². The summed E-state index contributed by atoms with van der Waals surface area (Å²) in [6, 6.07) is 4.14. The maximum absolute atomic E-state index is 11.1. The van der Waals surface area contributed by atoms with Gasteiger partial charge in [0.1, 0.15) is 10.7 Å². The summed E-state index contributed by atoms with van der Waals surface area (Å²) < 4.78 is 22.2. The number of sulfonamides is 1. The summed E-state index contributed by atoms with van der Waals surface area (Å²) in [5.41, 5.74) is 0. The van der Waals surface area contributed by atoms with Crippen LogP contribution in [0.2, 0.25) is 0 Å². The van der Waals surface area contributed by atoms with Crippen LogP contribution in [0, 0.1) is 0 Å². The standard InChI is InChI=1S/C12H20N4O2S/c1-14-9-2-4-10(5-3-9)16-12-7-6-11(8-15-12)19(13,17)18/h6-10,14H,2-5H2,1H3,(H,15,16)(H2,13,17,18). The lowest BCUT2D eigenvalue weighted by Crippen LogP contribution is -2.35.